The number of esters is 2. The van der Waals surface area contributed by atoms with Gasteiger partial charge in [0.2, 0.25) is 0 Å². The summed E-state index contributed by atoms with van der Waals surface area (Å²) in [4.78, 5) is 23.3. The van der Waals surface area contributed by atoms with Gasteiger partial charge in [-0.15, -0.1) is 0 Å². The first-order valence-electron chi connectivity index (χ1n) is 13.4. The Kier molecular flexibility index (Phi) is 22.8. The number of hydrogen-bond donors (Lipinski definition) is 0. The Hall–Kier alpha value is -1.06. The molecular weight excluding hydrogens is 388 g/mol. The highest BCUT2D eigenvalue weighted by molar-refractivity contribution is 5.69. The molecule has 0 radical (unpaired) electrons. The molecule has 0 N–H and O–H groups in total. The van der Waals surface area contributed by atoms with Gasteiger partial charge < -0.3 is 9.47 Å². The normalized spacial score (nSPS) is 12.0. The van der Waals surface area contributed by atoms with E-state index in [1.165, 1.54) is 51.4 Å². The molecule has 0 spiro atoms. The van der Waals surface area contributed by atoms with Crippen molar-refractivity contribution in [3.63, 3.8) is 0 Å². The zero-order chi connectivity index (χ0) is 23.0. The third-order valence-electron chi connectivity index (χ3n) is 5.94. The first kappa shape index (κ1) is 29.9. The van der Waals surface area contributed by atoms with Crippen molar-refractivity contribution >= 4 is 11.9 Å². The third-order valence-corrected chi connectivity index (χ3v) is 5.94. The second kappa shape index (κ2) is 23.6. The summed E-state index contributed by atoms with van der Waals surface area (Å²) in [5.74, 6) is 0.572. The topological polar surface area (TPSA) is 52.6 Å². The average Bonchev–Trinajstić information content (AvgIpc) is 2.76. The Morgan fingerprint density at radius 2 is 1.00 bits per heavy atom. The van der Waals surface area contributed by atoms with E-state index in [0.29, 0.717) is 32.0 Å². The summed E-state index contributed by atoms with van der Waals surface area (Å²) in [6, 6.07) is 0. The smallest absolute Gasteiger partial charge is 0.305 e. The van der Waals surface area contributed by atoms with E-state index >= 15 is 0 Å². The summed E-state index contributed by atoms with van der Waals surface area (Å²) in [6.45, 7) is 7.75. The summed E-state index contributed by atoms with van der Waals surface area (Å²) in [5, 5.41) is 0. The molecule has 0 aromatic rings. The van der Waals surface area contributed by atoms with Crippen molar-refractivity contribution in [2.75, 3.05) is 13.2 Å². The van der Waals surface area contributed by atoms with Gasteiger partial charge in [0.15, 0.2) is 0 Å². The number of carbonyl (C=O) groups is 2. The molecule has 1 atom stereocenters. The highest BCUT2D eigenvalue weighted by atomic mass is 16.5. The molecule has 31 heavy (non-hydrogen) atoms. The van der Waals surface area contributed by atoms with E-state index in [2.05, 4.69) is 20.8 Å². The maximum atomic E-state index is 11.7. The molecule has 0 amide bonds. The van der Waals surface area contributed by atoms with E-state index in [4.69, 9.17) is 9.47 Å². The Morgan fingerprint density at radius 1 is 0.548 bits per heavy atom. The molecule has 4 heteroatoms. The Morgan fingerprint density at radius 3 is 1.52 bits per heavy atom. The Balaban J connectivity index is 3.31. The maximum absolute atomic E-state index is 11.7. The second-order valence-electron chi connectivity index (χ2n) is 9.22. The highest BCUT2D eigenvalue weighted by Crippen LogP contribution is 2.17. The average molecular weight is 441 g/mol. The second-order valence-corrected chi connectivity index (χ2v) is 9.22. The van der Waals surface area contributed by atoms with Crippen molar-refractivity contribution in [2.24, 2.45) is 5.92 Å². The summed E-state index contributed by atoms with van der Waals surface area (Å²) in [6.07, 6.45) is 21.1. The molecule has 0 rings (SSSR count). The zero-order valence-corrected chi connectivity index (χ0v) is 21.1. The van der Waals surface area contributed by atoms with Gasteiger partial charge in [-0.25, -0.2) is 0 Å². The van der Waals surface area contributed by atoms with Crippen LogP contribution < -0.4 is 0 Å². The number of hydrogen-bond acceptors (Lipinski definition) is 4. The quantitative estimate of drug-likeness (QED) is 0.119. The summed E-state index contributed by atoms with van der Waals surface area (Å²) >= 11 is 0. The Labute approximate surface area is 193 Å². The molecule has 4 nitrogen and oxygen atoms in total. The monoisotopic (exact) mass is 440 g/mol. The van der Waals surface area contributed by atoms with Crippen molar-refractivity contribution in [3.8, 4) is 0 Å². The van der Waals surface area contributed by atoms with E-state index in [0.717, 1.165) is 57.8 Å². The van der Waals surface area contributed by atoms with Crippen LogP contribution in [0.4, 0.5) is 0 Å². The van der Waals surface area contributed by atoms with Crippen molar-refractivity contribution in [1.29, 1.82) is 0 Å². The van der Waals surface area contributed by atoms with Crippen LogP contribution in [0.15, 0.2) is 0 Å². The molecule has 0 aromatic heterocycles. The van der Waals surface area contributed by atoms with E-state index in [9.17, 15) is 9.59 Å². The minimum atomic E-state index is -0.0215. The van der Waals surface area contributed by atoms with Gasteiger partial charge in [0.1, 0.15) is 0 Å². The molecule has 0 aliphatic rings. The summed E-state index contributed by atoms with van der Waals surface area (Å²) in [7, 11) is 0. The fourth-order valence-electron chi connectivity index (χ4n) is 3.73. The first-order chi connectivity index (χ1) is 15.1. The lowest BCUT2D eigenvalue weighted by molar-refractivity contribution is -0.144. The van der Waals surface area contributed by atoms with Gasteiger partial charge >= 0.3 is 11.9 Å². The van der Waals surface area contributed by atoms with Crippen LogP contribution in [-0.4, -0.2) is 25.2 Å². The molecule has 0 aliphatic carbocycles. The van der Waals surface area contributed by atoms with Gasteiger partial charge in [-0.1, -0.05) is 104 Å². The van der Waals surface area contributed by atoms with Gasteiger partial charge in [-0.05, 0) is 31.6 Å². The molecule has 0 fully saturated rings. The van der Waals surface area contributed by atoms with Crippen LogP contribution in [0.1, 0.15) is 143 Å². The van der Waals surface area contributed by atoms with Crippen LogP contribution in [0, 0.1) is 5.92 Å². The van der Waals surface area contributed by atoms with Crippen LogP contribution in [-0.2, 0) is 19.1 Å². The fourth-order valence-corrected chi connectivity index (χ4v) is 3.73. The van der Waals surface area contributed by atoms with E-state index in [1.807, 2.05) is 0 Å². The van der Waals surface area contributed by atoms with Gasteiger partial charge in [0.05, 0.1) is 13.2 Å². The van der Waals surface area contributed by atoms with Crippen LogP contribution >= 0.6 is 0 Å². The van der Waals surface area contributed by atoms with Gasteiger partial charge in [0.25, 0.3) is 0 Å². The lowest BCUT2D eigenvalue weighted by Crippen LogP contribution is -2.08. The first-order valence-corrected chi connectivity index (χ1v) is 13.4. The molecule has 0 bridgehead atoms. The van der Waals surface area contributed by atoms with Crippen LogP contribution in [0.5, 0.6) is 0 Å². The predicted octanol–water partition coefficient (Wildman–Crippen LogP) is 8.16. The van der Waals surface area contributed by atoms with Crippen molar-refractivity contribution < 1.29 is 19.1 Å². The zero-order valence-electron chi connectivity index (χ0n) is 21.1. The Bertz CT molecular complexity index is 408. The molecule has 0 heterocycles. The summed E-state index contributed by atoms with van der Waals surface area (Å²) in [5.41, 5.74) is 0. The largest absolute Gasteiger partial charge is 0.466 e. The maximum Gasteiger partial charge on any atom is 0.305 e. The molecule has 0 aliphatic heterocycles. The van der Waals surface area contributed by atoms with E-state index < -0.39 is 0 Å². The molecule has 0 saturated carbocycles. The van der Waals surface area contributed by atoms with Crippen molar-refractivity contribution in [3.05, 3.63) is 0 Å². The van der Waals surface area contributed by atoms with Crippen LogP contribution in [0.3, 0.4) is 0 Å². The van der Waals surface area contributed by atoms with E-state index in [1.54, 1.807) is 0 Å². The fraction of sp³-hybridized carbons (Fsp3) is 0.926. The van der Waals surface area contributed by atoms with Crippen LogP contribution in [0.25, 0.3) is 0 Å². The predicted molar refractivity (Wildman–Crippen MR) is 130 cm³/mol. The lowest BCUT2D eigenvalue weighted by Gasteiger charge is -2.11. The number of unbranched alkanes of at least 4 members (excludes halogenated alkanes) is 12. The molecular formula is C27H52O4. The van der Waals surface area contributed by atoms with Gasteiger partial charge in [0, 0.05) is 12.8 Å². The SMILES string of the molecule is CCCCCOC(=O)CCCCCCCCCCCC(C)CCC(=O)OCCCCC. The van der Waals surface area contributed by atoms with Gasteiger partial charge in [-0.2, -0.15) is 0 Å². The molecule has 1 unspecified atom stereocenters. The standard InChI is InChI=1S/C27H52O4/c1-4-6-17-23-30-26(28)20-16-14-12-10-8-9-11-13-15-19-25(3)21-22-27(29)31-24-18-7-5-2/h25H,4-24H2,1-3H3. The minimum Gasteiger partial charge on any atom is -0.466 e. The van der Waals surface area contributed by atoms with Crippen molar-refractivity contribution in [2.45, 2.75) is 143 Å². The summed E-state index contributed by atoms with van der Waals surface area (Å²) < 4.78 is 10.5. The van der Waals surface area contributed by atoms with Gasteiger partial charge in [-0.3, -0.25) is 9.59 Å². The number of carbonyl (C=O) groups excluding carboxylic acids is 2. The molecule has 0 aromatic carbocycles. The van der Waals surface area contributed by atoms with Crippen molar-refractivity contribution in [1.82, 2.24) is 0 Å². The molecule has 0 saturated heterocycles. The third kappa shape index (κ3) is 23.4. The lowest BCUT2D eigenvalue weighted by atomic mass is 9.97. The highest BCUT2D eigenvalue weighted by Gasteiger charge is 2.08. The van der Waals surface area contributed by atoms with E-state index in [-0.39, 0.29) is 11.9 Å². The number of rotatable bonds is 23. The minimum absolute atomic E-state index is 0.0193. The number of ether oxygens (including phenoxy) is 2. The molecule has 184 valence electrons. The van der Waals surface area contributed by atoms with Crippen LogP contribution in [0.2, 0.25) is 0 Å².